The van der Waals surface area contributed by atoms with Gasteiger partial charge in [-0.1, -0.05) is 25.1 Å². The number of anilines is 1. The molecule has 174 valence electrons. The van der Waals surface area contributed by atoms with Gasteiger partial charge in [0.25, 0.3) is 5.91 Å². The van der Waals surface area contributed by atoms with Crippen LogP contribution in [0.5, 0.6) is 11.5 Å². The maximum Gasteiger partial charge on any atom is 0.329 e. The van der Waals surface area contributed by atoms with E-state index in [0.29, 0.717) is 29.4 Å². The van der Waals surface area contributed by atoms with E-state index >= 15 is 0 Å². The van der Waals surface area contributed by atoms with Gasteiger partial charge in [0.1, 0.15) is 0 Å². The highest BCUT2D eigenvalue weighted by Crippen LogP contribution is 2.28. The second-order valence-electron chi connectivity index (χ2n) is 6.72. The summed E-state index contributed by atoms with van der Waals surface area (Å²) in [6, 6.07) is 12.6. The van der Waals surface area contributed by atoms with Crippen LogP contribution in [-0.2, 0) is 20.8 Å². The molecule has 0 spiro atoms. The van der Waals surface area contributed by atoms with Crippen LogP contribution in [0.25, 0.3) is 0 Å². The molecule has 3 amide bonds. The predicted octanol–water partition coefficient (Wildman–Crippen LogP) is 2.42. The van der Waals surface area contributed by atoms with Crippen molar-refractivity contribution in [3.05, 3.63) is 66.2 Å². The van der Waals surface area contributed by atoms with Crippen molar-refractivity contribution in [2.24, 2.45) is 5.10 Å². The molecule has 9 nitrogen and oxygen atoms in total. The van der Waals surface area contributed by atoms with Crippen molar-refractivity contribution >= 4 is 29.6 Å². The zero-order chi connectivity index (χ0) is 24.1. The van der Waals surface area contributed by atoms with Gasteiger partial charge < -0.3 is 20.1 Å². The summed E-state index contributed by atoms with van der Waals surface area (Å²) in [5.41, 5.74) is 4.61. The molecule has 9 heteroatoms. The van der Waals surface area contributed by atoms with E-state index in [2.05, 4.69) is 34.7 Å². The molecule has 0 fully saturated rings. The molecular formula is C24H28N4O5. The summed E-state index contributed by atoms with van der Waals surface area (Å²) in [5.74, 6) is -1.21. The van der Waals surface area contributed by atoms with Crippen LogP contribution >= 0.6 is 0 Å². The number of hydrogen-bond acceptors (Lipinski definition) is 6. The van der Waals surface area contributed by atoms with Gasteiger partial charge >= 0.3 is 11.8 Å². The van der Waals surface area contributed by atoms with Crippen molar-refractivity contribution in [1.29, 1.82) is 0 Å². The second kappa shape index (κ2) is 13.3. The van der Waals surface area contributed by atoms with Crippen molar-refractivity contribution in [3.63, 3.8) is 0 Å². The minimum Gasteiger partial charge on any atom is -0.490 e. The van der Waals surface area contributed by atoms with Crippen LogP contribution in [0.1, 0.15) is 25.0 Å². The van der Waals surface area contributed by atoms with Crippen molar-refractivity contribution in [2.75, 3.05) is 25.1 Å². The Morgan fingerprint density at radius 2 is 1.76 bits per heavy atom. The Bertz CT molecular complexity index is 1000. The Labute approximate surface area is 192 Å². The zero-order valence-electron chi connectivity index (χ0n) is 18.7. The molecule has 2 aromatic rings. The largest absolute Gasteiger partial charge is 0.490 e. The van der Waals surface area contributed by atoms with E-state index in [4.69, 9.17) is 9.47 Å². The molecular weight excluding hydrogens is 424 g/mol. The van der Waals surface area contributed by atoms with E-state index in [1.807, 2.05) is 31.2 Å². The van der Waals surface area contributed by atoms with Gasteiger partial charge in [-0.2, -0.15) is 5.10 Å². The third-order valence-corrected chi connectivity index (χ3v) is 4.27. The molecule has 0 unspecified atom stereocenters. The van der Waals surface area contributed by atoms with Gasteiger partial charge in [0, 0.05) is 12.2 Å². The summed E-state index contributed by atoms with van der Waals surface area (Å²) >= 11 is 0. The monoisotopic (exact) mass is 452 g/mol. The highest BCUT2D eigenvalue weighted by Gasteiger charge is 2.11. The average molecular weight is 453 g/mol. The number of aryl methyl sites for hydroxylation is 1. The fraction of sp³-hybridized carbons (Fsp3) is 0.250. The van der Waals surface area contributed by atoms with Crippen LogP contribution in [0.3, 0.4) is 0 Å². The lowest BCUT2D eigenvalue weighted by atomic mass is 10.1. The Balaban J connectivity index is 1.94. The standard InChI is InChI=1S/C24H28N4O5/c1-4-13-25-23(30)24(31)28-26-15-18-9-12-20(21(14-18)32-6-3)33-16-22(29)27-19-10-7-17(5-2)8-11-19/h4,7-12,14-15H,1,5-6,13,16H2,2-3H3,(H,25,30)(H,27,29)(H,28,31)/b26-15-. The van der Waals surface area contributed by atoms with E-state index < -0.39 is 11.8 Å². The number of rotatable bonds is 11. The van der Waals surface area contributed by atoms with Crippen molar-refractivity contribution in [1.82, 2.24) is 10.7 Å². The third-order valence-electron chi connectivity index (χ3n) is 4.27. The third kappa shape index (κ3) is 8.48. The van der Waals surface area contributed by atoms with Gasteiger partial charge in [-0.3, -0.25) is 14.4 Å². The Kier molecular flexibility index (Phi) is 10.1. The summed E-state index contributed by atoms with van der Waals surface area (Å²) in [6.07, 6.45) is 3.74. The van der Waals surface area contributed by atoms with Gasteiger partial charge in [-0.05, 0) is 54.8 Å². The maximum atomic E-state index is 12.2. The summed E-state index contributed by atoms with van der Waals surface area (Å²) in [7, 11) is 0. The highest BCUT2D eigenvalue weighted by molar-refractivity contribution is 6.35. The number of nitrogens with one attached hydrogen (secondary N) is 3. The lowest BCUT2D eigenvalue weighted by molar-refractivity contribution is -0.139. The van der Waals surface area contributed by atoms with E-state index in [9.17, 15) is 14.4 Å². The van der Waals surface area contributed by atoms with Gasteiger partial charge in [0.15, 0.2) is 18.1 Å². The molecule has 2 rings (SSSR count). The second-order valence-corrected chi connectivity index (χ2v) is 6.72. The van der Waals surface area contributed by atoms with Crippen LogP contribution in [-0.4, -0.2) is 43.7 Å². The maximum absolute atomic E-state index is 12.2. The lowest BCUT2D eigenvalue weighted by Gasteiger charge is -2.13. The lowest BCUT2D eigenvalue weighted by Crippen LogP contribution is -2.37. The molecule has 0 aliphatic carbocycles. The fourth-order valence-electron chi connectivity index (χ4n) is 2.62. The Hall–Kier alpha value is -4.14. The number of hydrogen-bond donors (Lipinski definition) is 3. The van der Waals surface area contributed by atoms with Crippen molar-refractivity contribution in [3.8, 4) is 11.5 Å². The van der Waals surface area contributed by atoms with E-state index in [-0.39, 0.29) is 19.1 Å². The van der Waals surface area contributed by atoms with Gasteiger partial charge in [0.2, 0.25) is 0 Å². The first-order valence-electron chi connectivity index (χ1n) is 10.5. The summed E-state index contributed by atoms with van der Waals surface area (Å²) in [4.78, 5) is 35.3. The minimum atomic E-state index is -0.895. The molecule has 0 aromatic heterocycles. The molecule has 0 radical (unpaired) electrons. The molecule has 0 aliphatic rings. The molecule has 0 atom stereocenters. The number of benzene rings is 2. The normalized spacial score (nSPS) is 10.4. The smallest absolute Gasteiger partial charge is 0.329 e. The van der Waals surface area contributed by atoms with Crippen LogP contribution in [0.15, 0.2) is 60.2 Å². The summed E-state index contributed by atoms with van der Waals surface area (Å²) in [5, 5.41) is 8.89. The van der Waals surface area contributed by atoms with Crippen LogP contribution in [0, 0.1) is 0 Å². The molecule has 33 heavy (non-hydrogen) atoms. The van der Waals surface area contributed by atoms with Gasteiger partial charge in [-0.15, -0.1) is 6.58 Å². The fourth-order valence-corrected chi connectivity index (χ4v) is 2.62. The average Bonchev–Trinajstić information content (AvgIpc) is 2.82. The van der Waals surface area contributed by atoms with E-state index in [1.54, 1.807) is 18.2 Å². The Morgan fingerprint density at radius 1 is 1.00 bits per heavy atom. The molecule has 0 aliphatic heterocycles. The van der Waals surface area contributed by atoms with Crippen molar-refractivity contribution < 1.29 is 23.9 Å². The number of hydrazone groups is 1. The predicted molar refractivity (Wildman–Crippen MR) is 126 cm³/mol. The minimum absolute atomic E-state index is 0.179. The zero-order valence-corrected chi connectivity index (χ0v) is 18.7. The molecule has 2 aromatic carbocycles. The summed E-state index contributed by atoms with van der Waals surface area (Å²) in [6.45, 7) is 7.70. The SMILES string of the molecule is C=CCNC(=O)C(=O)N/N=C\c1ccc(OCC(=O)Nc2ccc(CC)cc2)c(OCC)c1. The molecule has 0 saturated heterocycles. The van der Waals surface area contributed by atoms with Gasteiger partial charge in [-0.25, -0.2) is 5.43 Å². The Morgan fingerprint density at radius 3 is 2.42 bits per heavy atom. The van der Waals surface area contributed by atoms with Gasteiger partial charge in [0.05, 0.1) is 12.8 Å². The van der Waals surface area contributed by atoms with Crippen LogP contribution < -0.4 is 25.5 Å². The number of carbonyl (C=O) groups excluding carboxylic acids is 3. The number of ether oxygens (including phenoxy) is 2. The number of amides is 3. The first-order chi connectivity index (χ1) is 16.0. The quantitative estimate of drug-likeness (QED) is 0.209. The summed E-state index contributed by atoms with van der Waals surface area (Å²) < 4.78 is 11.2. The van der Waals surface area contributed by atoms with Crippen molar-refractivity contribution in [2.45, 2.75) is 20.3 Å². The molecule has 0 heterocycles. The topological polar surface area (TPSA) is 118 Å². The molecule has 3 N–H and O–H groups in total. The first kappa shape index (κ1) is 25.1. The van der Waals surface area contributed by atoms with E-state index in [1.165, 1.54) is 17.9 Å². The van der Waals surface area contributed by atoms with E-state index in [0.717, 1.165) is 6.42 Å². The first-order valence-corrected chi connectivity index (χ1v) is 10.5. The van der Waals surface area contributed by atoms with Crippen LogP contribution in [0.2, 0.25) is 0 Å². The molecule has 0 saturated carbocycles. The van der Waals surface area contributed by atoms with Crippen LogP contribution in [0.4, 0.5) is 5.69 Å². The number of nitrogens with zero attached hydrogens (tertiary/aromatic N) is 1. The number of carbonyl (C=O) groups is 3. The highest BCUT2D eigenvalue weighted by atomic mass is 16.5. The molecule has 0 bridgehead atoms.